The van der Waals surface area contributed by atoms with E-state index in [-0.39, 0.29) is 23.8 Å². The maximum Gasteiger partial charge on any atom is 0.266 e. The lowest BCUT2D eigenvalue weighted by Crippen LogP contribution is -2.16. The Kier molecular flexibility index (Phi) is 4.83. The van der Waals surface area contributed by atoms with Crippen LogP contribution in [0.1, 0.15) is 15.9 Å². The van der Waals surface area contributed by atoms with E-state index in [1.807, 2.05) is 4.84 Å². The van der Waals surface area contributed by atoms with Gasteiger partial charge < -0.3 is 14.7 Å². The van der Waals surface area contributed by atoms with Gasteiger partial charge in [-0.3, -0.25) is 9.63 Å². The molecule has 0 atom stereocenters. The van der Waals surface area contributed by atoms with Crippen molar-refractivity contribution in [2.75, 3.05) is 6.86 Å². The van der Waals surface area contributed by atoms with Crippen LogP contribution in [0.15, 0.2) is 30.5 Å². The molecular weight excluding hydrogens is 305 g/mol. The van der Waals surface area contributed by atoms with Crippen LogP contribution in [-0.4, -0.2) is 27.9 Å². The summed E-state index contributed by atoms with van der Waals surface area (Å²) >= 11 is 5.30. The molecule has 7 nitrogen and oxygen atoms in total. The Morgan fingerprint density at radius 2 is 2.24 bits per heavy atom. The van der Waals surface area contributed by atoms with E-state index in [4.69, 9.17) is 26.5 Å². The Morgan fingerprint density at radius 3 is 2.86 bits per heavy atom. The molecule has 0 unspecified atom stereocenters. The highest BCUT2D eigenvalue weighted by Crippen LogP contribution is 2.24. The van der Waals surface area contributed by atoms with E-state index in [0.717, 1.165) is 0 Å². The first kappa shape index (κ1) is 14.9. The SMILES string of the molecule is O=C(NCl)c1cccc(OCF)c1COc1ccn(O)n1. The van der Waals surface area contributed by atoms with Gasteiger partial charge in [-0.25, -0.2) is 4.39 Å². The summed E-state index contributed by atoms with van der Waals surface area (Å²) in [7, 11) is 0. The third-order valence-electron chi connectivity index (χ3n) is 2.59. The molecule has 112 valence electrons. The predicted molar refractivity (Wildman–Crippen MR) is 70.1 cm³/mol. The monoisotopic (exact) mass is 315 g/mol. The van der Waals surface area contributed by atoms with Crippen LogP contribution in [0.3, 0.4) is 0 Å². The van der Waals surface area contributed by atoms with Gasteiger partial charge in [-0.05, 0) is 12.1 Å². The van der Waals surface area contributed by atoms with Crippen LogP contribution in [0.5, 0.6) is 11.6 Å². The van der Waals surface area contributed by atoms with Crippen LogP contribution in [-0.2, 0) is 6.61 Å². The van der Waals surface area contributed by atoms with Crippen LogP contribution in [0.4, 0.5) is 4.39 Å². The van der Waals surface area contributed by atoms with Crippen LogP contribution < -0.4 is 14.3 Å². The van der Waals surface area contributed by atoms with Gasteiger partial charge in [0, 0.05) is 23.4 Å². The quantitative estimate of drug-likeness (QED) is 0.628. The van der Waals surface area contributed by atoms with E-state index in [0.29, 0.717) is 10.4 Å². The number of alkyl halides is 1. The highest BCUT2D eigenvalue weighted by molar-refractivity contribution is 6.24. The average molecular weight is 316 g/mol. The van der Waals surface area contributed by atoms with E-state index in [2.05, 4.69) is 5.10 Å². The summed E-state index contributed by atoms with van der Waals surface area (Å²) in [4.78, 5) is 14.2. The summed E-state index contributed by atoms with van der Waals surface area (Å²) in [6, 6.07) is 5.93. The zero-order valence-electron chi connectivity index (χ0n) is 10.6. The number of hydrogen-bond acceptors (Lipinski definition) is 5. The molecule has 0 fully saturated rings. The summed E-state index contributed by atoms with van der Waals surface area (Å²) in [6.45, 7) is -1.17. The van der Waals surface area contributed by atoms with Crippen molar-refractivity contribution >= 4 is 17.7 Å². The van der Waals surface area contributed by atoms with E-state index >= 15 is 0 Å². The van der Waals surface area contributed by atoms with Gasteiger partial charge in [0.15, 0.2) is 0 Å². The van der Waals surface area contributed by atoms with Gasteiger partial charge in [0.1, 0.15) is 12.4 Å². The minimum absolute atomic E-state index is 0.118. The lowest BCUT2D eigenvalue weighted by molar-refractivity contribution is 0.0976. The molecule has 9 heteroatoms. The number of halogens is 2. The lowest BCUT2D eigenvalue weighted by Gasteiger charge is -2.13. The highest BCUT2D eigenvalue weighted by atomic mass is 35.5. The maximum atomic E-state index is 12.4. The number of ether oxygens (including phenoxy) is 2. The normalized spacial score (nSPS) is 10.2. The van der Waals surface area contributed by atoms with Gasteiger partial charge in [-0.15, -0.1) is 4.85 Å². The van der Waals surface area contributed by atoms with E-state index in [1.54, 1.807) is 0 Å². The van der Waals surface area contributed by atoms with Crippen molar-refractivity contribution < 1.29 is 23.9 Å². The summed E-state index contributed by atoms with van der Waals surface area (Å²) in [6.07, 6.45) is 1.27. The molecule has 2 N–H and O–H groups in total. The number of nitrogens with one attached hydrogen (secondary N) is 1. The van der Waals surface area contributed by atoms with Crippen LogP contribution in [0.25, 0.3) is 0 Å². The first-order valence-corrected chi connectivity index (χ1v) is 6.13. The molecule has 0 saturated carbocycles. The molecule has 0 aliphatic heterocycles. The molecular formula is C12H11ClFN3O4. The second kappa shape index (κ2) is 6.80. The van der Waals surface area contributed by atoms with Crippen LogP contribution in [0, 0.1) is 0 Å². The van der Waals surface area contributed by atoms with E-state index < -0.39 is 12.8 Å². The minimum Gasteiger partial charge on any atom is -0.471 e. The van der Waals surface area contributed by atoms with Crippen molar-refractivity contribution in [1.82, 2.24) is 14.8 Å². The van der Waals surface area contributed by atoms with Crippen LogP contribution >= 0.6 is 11.8 Å². The second-order valence-corrected chi connectivity index (χ2v) is 4.01. The standard InChI is InChI=1S/C12H11ClFN3O4/c13-15-12(18)8-2-1-3-10(21-7-14)9(8)6-20-11-4-5-17(19)16-11/h1-5,19H,6-7H2,(H,15,18). The van der Waals surface area contributed by atoms with Gasteiger partial charge in [-0.2, -0.15) is 0 Å². The lowest BCUT2D eigenvalue weighted by atomic mass is 10.1. The number of nitrogens with zero attached hydrogens (tertiary/aromatic N) is 2. The zero-order valence-corrected chi connectivity index (χ0v) is 11.4. The Morgan fingerprint density at radius 1 is 1.43 bits per heavy atom. The van der Waals surface area contributed by atoms with Crippen LogP contribution in [0.2, 0.25) is 0 Å². The molecule has 0 saturated heterocycles. The first-order chi connectivity index (χ1) is 10.2. The number of benzene rings is 1. The number of hydrogen-bond donors (Lipinski definition) is 2. The summed E-state index contributed by atoms with van der Waals surface area (Å²) in [5.41, 5.74) is 0.486. The van der Waals surface area contributed by atoms with Gasteiger partial charge in [-0.1, -0.05) is 11.2 Å². The van der Waals surface area contributed by atoms with Gasteiger partial charge in [0.25, 0.3) is 5.91 Å². The predicted octanol–water partition coefficient (Wildman–Crippen LogP) is 1.89. The highest BCUT2D eigenvalue weighted by Gasteiger charge is 2.16. The van der Waals surface area contributed by atoms with E-state index in [9.17, 15) is 9.18 Å². The second-order valence-electron chi connectivity index (χ2n) is 3.82. The Labute approximate surface area is 123 Å². The fraction of sp³-hybridized carbons (Fsp3) is 0.167. The Bertz CT molecular complexity index is 635. The molecule has 21 heavy (non-hydrogen) atoms. The third kappa shape index (κ3) is 3.54. The molecule has 0 aliphatic carbocycles. The fourth-order valence-corrected chi connectivity index (χ4v) is 1.80. The number of carbonyl (C=O) groups excluding carboxylic acids is 1. The first-order valence-electron chi connectivity index (χ1n) is 5.75. The summed E-state index contributed by atoms with van der Waals surface area (Å²) < 4.78 is 22.5. The number of aromatic nitrogens is 2. The molecule has 0 radical (unpaired) electrons. The van der Waals surface area contributed by atoms with Crippen molar-refractivity contribution in [3.63, 3.8) is 0 Å². The number of carbonyl (C=O) groups is 1. The Balaban J connectivity index is 2.27. The minimum atomic E-state index is -1.05. The topological polar surface area (TPSA) is 85.6 Å². The van der Waals surface area contributed by atoms with Crippen molar-refractivity contribution in [2.45, 2.75) is 6.61 Å². The summed E-state index contributed by atoms with van der Waals surface area (Å²) in [5, 5.41) is 12.6. The molecule has 2 aromatic rings. The molecule has 1 heterocycles. The van der Waals surface area contributed by atoms with Crippen molar-refractivity contribution in [3.8, 4) is 11.6 Å². The Hall–Kier alpha value is -2.48. The van der Waals surface area contributed by atoms with Gasteiger partial charge in [0.2, 0.25) is 12.7 Å². The largest absolute Gasteiger partial charge is 0.471 e. The molecule has 1 amide bonds. The van der Waals surface area contributed by atoms with Gasteiger partial charge in [0.05, 0.1) is 11.8 Å². The van der Waals surface area contributed by atoms with E-state index in [1.165, 1.54) is 30.5 Å². The van der Waals surface area contributed by atoms with Gasteiger partial charge >= 0.3 is 0 Å². The molecule has 2 rings (SSSR count). The molecule has 0 aliphatic rings. The number of rotatable bonds is 6. The fourth-order valence-electron chi connectivity index (χ4n) is 1.69. The number of amides is 1. The molecule has 1 aromatic heterocycles. The molecule has 0 bridgehead atoms. The van der Waals surface area contributed by atoms with Crippen molar-refractivity contribution in [1.29, 1.82) is 0 Å². The summed E-state index contributed by atoms with van der Waals surface area (Å²) in [5.74, 6) is -0.296. The average Bonchev–Trinajstić information content (AvgIpc) is 2.91. The van der Waals surface area contributed by atoms with Crippen molar-refractivity contribution in [2.24, 2.45) is 0 Å². The molecule has 0 spiro atoms. The molecule has 1 aromatic carbocycles. The zero-order chi connectivity index (χ0) is 15.2. The third-order valence-corrected chi connectivity index (χ3v) is 2.76. The smallest absolute Gasteiger partial charge is 0.266 e. The maximum absolute atomic E-state index is 12.4. The van der Waals surface area contributed by atoms with Crippen molar-refractivity contribution in [3.05, 3.63) is 41.6 Å².